The van der Waals surface area contributed by atoms with Crippen LogP contribution in [0.25, 0.3) is 10.9 Å². The van der Waals surface area contributed by atoms with Gasteiger partial charge in [-0.05, 0) is 30.7 Å². The standard InChI is InChI=1S/C13H15ClN2O2/c1-18-13(17)8-16-7-9(4-5-15)11-3-2-10(14)6-12(11)16/h2-3,6-7H,4-5,8,15H2,1H3. The number of nitrogens with zero attached hydrogens (tertiary/aromatic N) is 1. The van der Waals surface area contributed by atoms with Crippen molar-refractivity contribution in [1.29, 1.82) is 0 Å². The van der Waals surface area contributed by atoms with Gasteiger partial charge in [0.25, 0.3) is 0 Å². The summed E-state index contributed by atoms with van der Waals surface area (Å²) in [6.45, 7) is 0.748. The minimum Gasteiger partial charge on any atom is -0.468 e. The molecule has 1 aromatic heterocycles. The summed E-state index contributed by atoms with van der Waals surface area (Å²) < 4.78 is 6.53. The first kappa shape index (κ1) is 12.9. The first-order valence-corrected chi connectivity index (χ1v) is 6.07. The molecule has 0 atom stereocenters. The first-order valence-electron chi connectivity index (χ1n) is 5.70. The van der Waals surface area contributed by atoms with Crippen LogP contribution in [0.3, 0.4) is 0 Å². The molecule has 2 aromatic rings. The number of fused-ring (bicyclic) bond motifs is 1. The molecule has 5 heteroatoms. The topological polar surface area (TPSA) is 57.2 Å². The summed E-state index contributed by atoms with van der Waals surface area (Å²) in [4.78, 5) is 11.4. The molecule has 0 spiro atoms. The Balaban J connectivity index is 2.50. The molecular formula is C13H15ClN2O2. The van der Waals surface area contributed by atoms with Gasteiger partial charge in [-0.1, -0.05) is 17.7 Å². The molecule has 2 N–H and O–H groups in total. The fourth-order valence-corrected chi connectivity index (χ4v) is 2.20. The van der Waals surface area contributed by atoms with E-state index in [0.29, 0.717) is 11.6 Å². The number of carbonyl (C=O) groups is 1. The highest BCUT2D eigenvalue weighted by molar-refractivity contribution is 6.31. The number of halogens is 1. The average Bonchev–Trinajstić information content (AvgIpc) is 2.67. The molecule has 0 aliphatic rings. The largest absolute Gasteiger partial charge is 0.468 e. The molecule has 0 aliphatic carbocycles. The molecule has 0 bridgehead atoms. The number of esters is 1. The molecular weight excluding hydrogens is 252 g/mol. The Hall–Kier alpha value is -1.52. The zero-order valence-electron chi connectivity index (χ0n) is 10.1. The van der Waals surface area contributed by atoms with E-state index in [9.17, 15) is 4.79 Å². The Morgan fingerprint density at radius 2 is 2.28 bits per heavy atom. The minimum absolute atomic E-state index is 0.178. The number of methoxy groups -OCH3 is 1. The third-order valence-electron chi connectivity index (χ3n) is 2.87. The maximum absolute atomic E-state index is 11.4. The van der Waals surface area contributed by atoms with Gasteiger partial charge in [0.2, 0.25) is 0 Å². The molecule has 1 heterocycles. The molecule has 0 saturated heterocycles. The van der Waals surface area contributed by atoms with Gasteiger partial charge in [-0.15, -0.1) is 0 Å². The molecule has 96 valence electrons. The quantitative estimate of drug-likeness (QED) is 0.861. The Morgan fingerprint density at radius 1 is 1.50 bits per heavy atom. The highest BCUT2D eigenvalue weighted by atomic mass is 35.5. The molecule has 0 fully saturated rings. The number of nitrogens with two attached hydrogens (primary N) is 1. The van der Waals surface area contributed by atoms with Crippen molar-refractivity contribution < 1.29 is 9.53 Å². The molecule has 0 radical (unpaired) electrons. The van der Waals surface area contributed by atoms with Crippen molar-refractivity contribution in [3.05, 3.63) is 35.0 Å². The Morgan fingerprint density at radius 3 is 2.94 bits per heavy atom. The van der Waals surface area contributed by atoms with E-state index < -0.39 is 0 Å². The van der Waals surface area contributed by atoms with Crippen molar-refractivity contribution in [3.63, 3.8) is 0 Å². The van der Waals surface area contributed by atoms with E-state index >= 15 is 0 Å². The summed E-state index contributed by atoms with van der Waals surface area (Å²) in [5, 5.41) is 1.72. The van der Waals surface area contributed by atoms with Crippen LogP contribution in [0.4, 0.5) is 0 Å². The fourth-order valence-electron chi connectivity index (χ4n) is 2.03. The van der Waals surface area contributed by atoms with E-state index in [1.54, 1.807) is 0 Å². The number of aromatic nitrogens is 1. The number of rotatable bonds is 4. The third kappa shape index (κ3) is 2.49. The van der Waals surface area contributed by atoms with E-state index in [0.717, 1.165) is 22.9 Å². The van der Waals surface area contributed by atoms with Crippen LogP contribution in [0.5, 0.6) is 0 Å². The van der Waals surface area contributed by atoms with Gasteiger partial charge in [0.1, 0.15) is 6.54 Å². The second-order valence-corrected chi connectivity index (χ2v) is 4.49. The van der Waals surface area contributed by atoms with Crippen LogP contribution in [0, 0.1) is 0 Å². The van der Waals surface area contributed by atoms with Crippen LogP contribution in [0.1, 0.15) is 5.56 Å². The van der Waals surface area contributed by atoms with E-state index in [1.807, 2.05) is 29.0 Å². The summed E-state index contributed by atoms with van der Waals surface area (Å²) in [5.74, 6) is -0.286. The van der Waals surface area contributed by atoms with Gasteiger partial charge in [0.15, 0.2) is 0 Å². The third-order valence-corrected chi connectivity index (χ3v) is 3.10. The maximum Gasteiger partial charge on any atom is 0.325 e. The lowest BCUT2D eigenvalue weighted by atomic mass is 10.1. The highest BCUT2D eigenvalue weighted by Crippen LogP contribution is 2.25. The smallest absolute Gasteiger partial charge is 0.325 e. The highest BCUT2D eigenvalue weighted by Gasteiger charge is 2.11. The predicted octanol–water partition coefficient (Wildman–Crippen LogP) is 1.97. The molecule has 0 saturated carbocycles. The average molecular weight is 267 g/mol. The van der Waals surface area contributed by atoms with Gasteiger partial charge in [-0.2, -0.15) is 0 Å². The maximum atomic E-state index is 11.4. The lowest BCUT2D eigenvalue weighted by Crippen LogP contribution is -2.10. The lowest BCUT2D eigenvalue weighted by molar-refractivity contribution is -0.141. The van der Waals surface area contributed by atoms with Crippen LogP contribution in [0.15, 0.2) is 24.4 Å². The minimum atomic E-state index is -0.286. The van der Waals surface area contributed by atoms with Gasteiger partial charge in [-0.25, -0.2) is 0 Å². The van der Waals surface area contributed by atoms with E-state index in [1.165, 1.54) is 7.11 Å². The molecule has 2 rings (SSSR count). The number of ether oxygens (including phenoxy) is 1. The Labute approximate surface area is 110 Å². The SMILES string of the molecule is COC(=O)Cn1cc(CCN)c2ccc(Cl)cc21. The second-order valence-electron chi connectivity index (χ2n) is 4.06. The van der Waals surface area contributed by atoms with Crippen molar-refractivity contribution in [2.75, 3.05) is 13.7 Å². The van der Waals surface area contributed by atoms with Crippen LogP contribution in [-0.2, 0) is 22.5 Å². The molecule has 4 nitrogen and oxygen atoms in total. The zero-order chi connectivity index (χ0) is 13.1. The van der Waals surface area contributed by atoms with E-state index in [4.69, 9.17) is 17.3 Å². The number of hydrogen-bond acceptors (Lipinski definition) is 3. The van der Waals surface area contributed by atoms with Crippen LogP contribution in [0.2, 0.25) is 5.02 Å². The summed E-state index contributed by atoms with van der Waals surface area (Å²) in [6, 6.07) is 5.64. The van der Waals surface area contributed by atoms with Gasteiger partial charge >= 0.3 is 5.97 Å². The Bertz CT molecular complexity index is 578. The zero-order valence-corrected chi connectivity index (χ0v) is 10.9. The summed E-state index contributed by atoms with van der Waals surface area (Å²) >= 11 is 5.99. The van der Waals surface area contributed by atoms with Crippen LogP contribution in [-0.4, -0.2) is 24.2 Å². The van der Waals surface area contributed by atoms with Crippen molar-refractivity contribution in [1.82, 2.24) is 4.57 Å². The van der Waals surface area contributed by atoms with Crippen molar-refractivity contribution >= 4 is 28.5 Å². The molecule has 18 heavy (non-hydrogen) atoms. The number of benzene rings is 1. The van der Waals surface area contributed by atoms with E-state index in [-0.39, 0.29) is 12.5 Å². The number of carbonyl (C=O) groups excluding carboxylic acids is 1. The van der Waals surface area contributed by atoms with Crippen LogP contribution < -0.4 is 5.73 Å². The lowest BCUT2D eigenvalue weighted by Gasteiger charge is -2.03. The van der Waals surface area contributed by atoms with Crippen molar-refractivity contribution in [3.8, 4) is 0 Å². The predicted molar refractivity (Wildman–Crippen MR) is 71.7 cm³/mol. The van der Waals surface area contributed by atoms with Gasteiger partial charge in [0.05, 0.1) is 12.6 Å². The molecule has 0 unspecified atom stereocenters. The van der Waals surface area contributed by atoms with Gasteiger partial charge in [-0.3, -0.25) is 4.79 Å². The fraction of sp³-hybridized carbons (Fsp3) is 0.308. The van der Waals surface area contributed by atoms with Crippen LogP contribution >= 0.6 is 11.6 Å². The summed E-state index contributed by atoms with van der Waals surface area (Å²) in [5.41, 5.74) is 7.64. The van der Waals surface area contributed by atoms with Gasteiger partial charge < -0.3 is 15.0 Å². The van der Waals surface area contributed by atoms with Crippen molar-refractivity contribution in [2.45, 2.75) is 13.0 Å². The molecule has 0 amide bonds. The van der Waals surface area contributed by atoms with E-state index in [2.05, 4.69) is 4.74 Å². The Kier molecular flexibility index (Phi) is 3.89. The first-order chi connectivity index (χ1) is 8.65. The summed E-state index contributed by atoms with van der Waals surface area (Å²) in [7, 11) is 1.38. The normalized spacial score (nSPS) is 10.8. The number of hydrogen-bond donors (Lipinski definition) is 1. The summed E-state index contributed by atoms with van der Waals surface area (Å²) in [6.07, 6.45) is 2.71. The van der Waals surface area contributed by atoms with Crippen molar-refractivity contribution in [2.24, 2.45) is 5.73 Å². The monoisotopic (exact) mass is 266 g/mol. The second kappa shape index (κ2) is 5.42. The van der Waals surface area contributed by atoms with Gasteiger partial charge in [0, 0.05) is 16.6 Å². The molecule has 0 aliphatic heterocycles. The molecule has 1 aromatic carbocycles.